The molecular weight excluding hydrogens is 218 g/mol. The predicted molar refractivity (Wildman–Crippen MR) is 71.4 cm³/mol. The average molecular weight is 238 g/mol. The van der Waals surface area contributed by atoms with E-state index in [0.717, 1.165) is 0 Å². The first-order valence-electron chi connectivity index (χ1n) is 6.10. The molecule has 0 unspecified atom stereocenters. The molecule has 0 saturated heterocycles. The quantitative estimate of drug-likeness (QED) is 0.715. The zero-order valence-electron chi connectivity index (χ0n) is 10.2. The van der Waals surface area contributed by atoms with Crippen LogP contribution >= 0.6 is 11.6 Å². The number of anilines is 1. The fraction of sp³-hybridized carbons (Fsp3) is 0.571. The first-order chi connectivity index (χ1) is 7.72. The molecule has 0 atom stereocenters. The van der Waals surface area contributed by atoms with Crippen LogP contribution in [-0.2, 0) is 5.88 Å². The highest BCUT2D eigenvalue weighted by atomic mass is 35.5. The van der Waals surface area contributed by atoms with Crippen molar-refractivity contribution in [1.29, 1.82) is 0 Å². The number of rotatable bonds is 3. The summed E-state index contributed by atoms with van der Waals surface area (Å²) in [6, 6.07) is 7.31. The van der Waals surface area contributed by atoms with Crippen LogP contribution in [0.3, 0.4) is 0 Å². The Balaban J connectivity index is 2.24. The minimum Gasteiger partial charge on any atom is -0.371 e. The van der Waals surface area contributed by atoms with Crippen molar-refractivity contribution in [3.05, 3.63) is 29.3 Å². The van der Waals surface area contributed by atoms with Gasteiger partial charge in [0.15, 0.2) is 0 Å². The Morgan fingerprint density at radius 1 is 1.31 bits per heavy atom. The maximum Gasteiger partial charge on any atom is 0.0494 e. The fourth-order valence-electron chi connectivity index (χ4n) is 2.65. The lowest BCUT2D eigenvalue weighted by molar-refractivity contribution is 0.651. The van der Waals surface area contributed by atoms with Crippen molar-refractivity contribution in [2.75, 3.05) is 11.9 Å². The minimum atomic E-state index is 0.605. The van der Waals surface area contributed by atoms with Crippen LogP contribution in [0.15, 0.2) is 18.2 Å². The average Bonchev–Trinajstić information content (AvgIpc) is 2.81. The van der Waals surface area contributed by atoms with Crippen LogP contribution in [0, 0.1) is 6.92 Å². The number of hydrogen-bond acceptors (Lipinski definition) is 1. The lowest BCUT2D eigenvalue weighted by Gasteiger charge is -2.28. The number of halogens is 1. The van der Waals surface area contributed by atoms with Crippen molar-refractivity contribution >= 4 is 17.3 Å². The van der Waals surface area contributed by atoms with E-state index in [1.807, 2.05) is 0 Å². The van der Waals surface area contributed by atoms with Crippen LogP contribution in [0.2, 0.25) is 0 Å². The van der Waals surface area contributed by atoms with E-state index in [9.17, 15) is 0 Å². The highest BCUT2D eigenvalue weighted by Gasteiger charge is 2.21. The Morgan fingerprint density at radius 2 is 2.00 bits per heavy atom. The molecule has 1 aromatic rings. The summed E-state index contributed by atoms with van der Waals surface area (Å²) in [6.45, 7) is 2.12. The largest absolute Gasteiger partial charge is 0.371 e. The minimum absolute atomic E-state index is 0.605. The lowest BCUT2D eigenvalue weighted by Crippen LogP contribution is -2.29. The van der Waals surface area contributed by atoms with Gasteiger partial charge in [-0.15, -0.1) is 11.6 Å². The standard InChI is InChI=1S/C14H20ClN/c1-11-7-8-14(12(9-11)10-15)16(2)13-5-3-4-6-13/h7-9,13H,3-6,10H2,1-2H3. The summed E-state index contributed by atoms with van der Waals surface area (Å²) in [6.07, 6.45) is 5.40. The van der Waals surface area contributed by atoms with E-state index >= 15 is 0 Å². The van der Waals surface area contributed by atoms with Gasteiger partial charge < -0.3 is 4.90 Å². The number of aryl methyl sites for hydroxylation is 1. The van der Waals surface area contributed by atoms with Crippen molar-refractivity contribution in [2.45, 2.75) is 44.5 Å². The molecular formula is C14H20ClN. The fourth-order valence-corrected chi connectivity index (χ4v) is 2.87. The van der Waals surface area contributed by atoms with Gasteiger partial charge in [0.25, 0.3) is 0 Å². The first-order valence-corrected chi connectivity index (χ1v) is 6.64. The van der Waals surface area contributed by atoms with Gasteiger partial charge in [0, 0.05) is 24.7 Å². The Morgan fingerprint density at radius 3 is 2.62 bits per heavy atom. The molecule has 0 spiro atoms. The SMILES string of the molecule is Cc1ccc(N(C)C2CCCC2)c(CCl)c1. The predicted octanol–water partition coefficient (Wildman–Crippen LogP) is 4.11. The summed E-state index contributed by atoms with van der Waals surface area (Å²) in [4.78, 5) is 2.42. The van der Waals surface area contributed by atoms with E-state index < -0.39 is 0 Å². The molecule has 1 saturated carbocycles. The smallest absolute Gasteiger partial charge is 0.0494 e. The molecule has 2 heteroatoms. The molecule has 1 fully saturated rings. The molecule has 1 nitrogen and oxygen atoms in total. The van der Waals surface area contributed by atoms with Gasteiger partial charge in [-0.05, 0) is 31.4 Å². The second kappa shape index (κ2) is 5.09. The third-order valence-electron chi connectivity index (χ3n) is 3.63. The first kappa shape index (κ1) is 11.8. The molecule has 16 heavy (non-hydrogen) atoms. The molecule has 0 aliphatic heterocycles. The zero-order chi connectivity index (χ0) is 11.5. The van der Waals surface area contributed by atoms with Crippen LogP contribution in [-0.4, -0.2) is 13.1 Å². The van der Waals surface area contributed by atoms with E-state index in [2.05, 4.69) is 37.1 Å². The monoisotopic (exact) mass is 237 g/mol. The van der Waals surface area contributed by atoms with Gasteiger partial charge in [0.1, 0.15) is 0 Å². The van der Waals surface area contributed by atoms with Crippen molar-refractivity contribution in [2.24, 2.45) is 0 Å². The Bertz CT molecular complexity index is 356. The van der Waals surface area contributed by atoms with Gasteiger partial charge in [-0.3, -0.25) is 0 Å². The highest BCUT2D eigenvalue weighted by molar-refractivity contribution is 6.17. The van der Waals surface area contributed by atoms with Gasteiger partial charge in [0.05, 0.1) is 0 Å². The molecule has 0 bridgehead atoms. The second-order valence-corrected chi connectivity index (χ2v) is 5.08. The van der Waals surface area contributed by atoms with Gasteiger partial charge in [-0.2, -0.15) is 0 Å². The van der Waals surface area contributed by atoms with E-state index in [4.69, 9.17) is 11.6 Å². The number of alkyl halides is 1. The van der Waals surface area contributed by atoms with E-state index in [1.54, 1.807) is 0 Å². The van der Waals surface area contributed by atoms with Crippen LogP contribution in [0.25, 0.3) is 0 Å². The maximum atomic E-state index is 6.03. The Hall–Kier alpha value is -0.690. The van der Waals surface area contributed by atoms with Gasteiger partial charge >= 0.3 is 0 Å². The van der Waals surface area contributed by atoms with E-state index in [0.29, 0.717) is 11.9 Å². The Labute approximate surface area is 103 Å². The van der Waals surface area contributed by atoms with Crippen LogP contribution < -0.4 is 4.90 Å². The van der Waals surface area contributed by atoms with E-state index in [-0.39, 0.29) is 0 Å². The topological polar surface area (TPSA) is 3.24 Å². The van der Waals surface area contributed by atoms with E-state index in [1.165, 1.54) is 42.5 Å². The lowest BCUT2D eigenvalue weighted by atomic mass is 10.1. The summed E-state index contributed by atoms with van der Waals surface area (Å²) in [7, 11) is 2.21. The molecule has 1 aliphatic rings. The van der Waals surface area contributed by atoms with Crippen LogP contribution in [0.5, 0.6) is 0 Å². The summed E-state index contributed by atoms with van der Waals surface area (Å²) in [5.41, 5.74) is 3.86. The van der Waals surface area contributed by atoms with Gasteiger partial charge in [-0.25, -0.2) is 0 Å². The molecule has 88 valence electrons. The second-order valence-electron chi connectivity index (χ2n) is 4.81. The number of benzene rings is 1. The van der Waals surface area contributed by atoms with Gasteiger partial charge in [-0.1, -0.05) is 30.5 Å². The molecule has 0 N–H and O–H groups in total. The van der Waals surface area contributed by atoms with Crippen molar-refractivity contribution < 1.29 is 0 Å². The van der Waals surface area contributed by atoms with Crippen molar-refractivity contribution in [1.82, 2.24) is 0 Å². The highest BCUT2D eigenvalue weighted by Crippen LogP contribution is 2.30. The number of nitrogens with zero attached hydrogens (tertiary/aromatic N) is 1. The number of hydrogen-bond donors (Lipinski definition) is 0. The molecule has 0 radical (unpaired) electrons. The normalized spacial score (nSPS) is 16.7. The third kappa shape index (κ3) is 2.35. The van der Waals surface area contributed by atoms with Crippen LogP contribution in [0.4, 0.5) is 5.69 Å². The summed E-state index contributed by atoms with van der Waals surface area (Å²) < 4.78 is 0. The molecule has 1 aromatic carbocycles. The van der Waals surface area contributed by atoms with Crippen molar-refractivity contribution in [3.8, 4) is 0 Å². The molecule has 2 rings (SSSR count). The van der Waals surface area contributed by atoms with Crippen molar-refractivity contribution in [3.63, 3.8) is 0 Å². The third-order valence-corrected chi connectivity index (χ3v) is 3.92. The zero-order valence-corrected chi connectivity index (χ0v) is 10.9. The summed E-state index contributed by atoms with van der Waals surface area (Å²) in [5.74, 6) is 0.605. The van der Waals surface area contributed by atoms with Gasteiger partial charge in [0.2, 0.25) is 0 Å². The summed E-state index contributed by atoms with van der Waals surface area (Å²) >= 11 is 6.03. The molecule has 0 aromatic heterocycles. The maximum absolute atomic E-state index is 6.03. The molecule has 1 aliphatic carbocycles. The summed E-state index contributed by atoms with van der Waals surface area (Å²) in [5, 5.41) is 0. The Kier molecular flexibility index (Phi) is 3.75. The molecule has 0 heterocycles. The molecule has 0 amide bonds. The van der Waals surface area contributed by atoms with Crippen LogP contribution in [0.1, 0.15) is 36.8 Å².